The van der Waals surface area contributed by atoms with Crippen LogP contribution in [-0.2, 0) is 14.4 Å². The summed E-state index contributed by atoms with van der Waals surface area (Å²) in [5.74, 6) is -1.07. The highest BCUT2D eigenvalue weighted by molar-refractivity contribution is 5.79. The molecule has 194 valence electrons. The number of hydrogen-bond donors (Lipinski definition) is 3. The number of aliphatic hydroxyl groups is 1. The number of rotatable bonds is 13. The summed E-state index contributed by atoms with van der Waals surface area (Å²) < 4.78 is 10.9. The fourth-order valence-corrected chi connectivity index (χ4v) is 4.98. The number of aliphatic carboxylic acids is 1. The molecule has 3 rings (SSSR count). The van der Waals surface area contributed by atoms with Crippen LogP contribution in [0.25, 0.3) is 0 Å². The molecular formula is C25H37N3O7. The number of carbonyl (C=O) groups is 3. The second-order valence-corrected chi connectivity index (χ2v) is 9.16. The van der Waals surface area contributed by atoms with Gasteiger partial charge >= 0.3 is 5.97 Å². The van der Waals surface area contributed by atoms with Crippen molar-refractivity contribution in [2.24, 2.45) is 5.92 Å². The Morgan fingerprint density at radius 3 is 2.60 bits per heavy atom. The summed E-state index contributed by atoms with van der Waals surface area (Å²) in [5, 5.41) is 22.2. The molecule has 1 aromatic rings. The van der Waals surface area contributed by atoms with Crippen molar-refractivity contribution in [3.63, 3.8) is 0 Å². The molecule has 0 unspecified atom stereocenters. The minimum Gasteiger partial charge on any atom is -0.481 e. The molecule has 0 spiro atoms. The van der Waals surface area contributed by atoms with Crippen LogP contribution in [0.5, 0.6) is 11.5 Å². The number of unbranched alkanes of at least 4 members (excludes halogenated alkanes) is 1. The first-order chi connectivity index (χ1) is 16.8. The highest BCUT2D eigenvalue weighted by Crippen LogP contribution is 2.42. The number of likely N-dealkylation sites (tertiary alicyclic amines) is 1. The molecule has 3 atom stereocenters. The van der Waals surface area contributed by atoms with Gasteiger partial charge in [0, 0.05) is 51.7 Å². The van der Waals surface area contributed by atoms with Gasteiger partial charge < -0.3 is 29.9 Å². The van der Waals surface area contributed by atoms with E-state index in [1.807, 2.05) is 17.0 Å². The Morgan fingerprint density at radius 1 is 1.17 bits per heavy atom. The summed E-state index contributed by atoms with van der Waals surface area (Å²) in [5.41, 5.74) is 0.823. The van der Waals surface area contributed by atoms with E-state index in [-0.39, 0.29) is 37.7 Å². The zero-order chi connectivity index (χ0) is 25.4. The number of amides is 2. The molecule has 2 amide bonds. The number of nitrogens with one attached hydrogen (secondary N) is 1. The van der Waals surface area contributed by atoms with Crippen molar-refractivity contribution < 1.29 is 34.1 Å². The number of ether oxygens (including phenoxy) is 2. The van der Waals surface area contributed by atoms with E-state index in [2.05, 4.69) is 12.2 Å². The van der Waals surface area contributed by atoms with Crippen LogP contribution in [0.2, 0.25) is 0 Å². The van der Waals surface area contributed by atoms with Gasteiger partial charge in [-0.15, -0.1) is 0 Å². The van der Waals surface area contributed by atoms with E-state index in [4.69, 9.17) is 9.47 Å². The Hall–Kier alpha value is -2.85. The van der Waals surface area contributed by atoms with Crippen LogP contribution in [0.15, 0.2) is 18.2 Å². The van der Waals surface area contributed by atoms with Gasteiger partial charge in [-0.1, -0.05) is 19.4 Å². The van der Waals surface area contributed by atoms with E-state index in [9.17, 15) is 24.6 Å². The van der Waals surface area contributed by atoms with E-state index in [0.29, 0.717) is 50.5 Å². The first-order valence-corrected chi connectivity index (χ1v) is 12.3. The summed E-state index contributed by atoms with van der Waals surface area (Å²) >= 11 is 0. The smallest absolute Gasteiger partial charge is 0.308 e. The normalized spacial score (nSPS) is 21.2. The molecule has 1 aromatic carbocycles. The average molecular weight is 492 g/mol. The highest BCUT2D eigenvalue weighted by Gasteiger charge is 2.47. The number of fused-ring (bicyclic) bond motifs is 1. The third-order valence-corrected chi connectivity index (χ3v) is 6.73. The van der Waals surface area contributed by atoms with Crippen LogP contribution in [0.1, 0.15) is 51.0 Å². The molecule has 3 N–H and O–H groups in total. The predicted molar refractivity (Wildman–Crippen MR) is 128 cm³/mol. The third-order valence-electron chi connectivity index (χ3n) is 6.73. The Kier molecular flexibility index (Phi) is 9.73. The van der Waals surface area contributed by atoms with E-state index < -0.39 is 17.9 Å². The van der Waals surface area contributed by atoms with E-state index in [1.54, 1.807) is 11.0 Å². The summed E-state index contributed by atoms with van der Waals surface area (Å²) in [6.07, 6.45) is 2.72. The topological polar surface area (TPSA) is 129 Å². The highest BCUT2D eigenvalue weighted by atomic mass is 16.7. The van der Waals surface area contributed by atoms with Gasteiger partial charge in [-0.3, -0.25) is 19.3 Å². The van der Waals surface area contributed by atoms with E-state index in [1.165, 1.54) is 6.92 Å². The fourth-order valence-electron chi connectivity index (χ4n) is 4.98. The van der Waals surface area contributed by atoms with Gasteiger partial charge in [0.1, 0.15) is 0 Å². The minimum absolute atomic E-state index is 0.00619. The van der Waals surface area contributed by atoms with Crippen molar-refractivity contribution in [2.75, 3.05) is 46.1 Å². The fraction of sp³-hybridized carbons (Fsp3) is 0.640. The Labute approximate surface area is 206 Å². The lowest BCUT2D eigenvalue weighted by Crippen LogP contribution is -2.45. The number of aliphatic hydroxyl groups excluding tert-OH is 1. The maximum Gasteiger partial charge on any atom is 0.308 e. The quantitative estimate of drug-likeness (QED) is 0.378. The number of carbonyl (C=O) groups excluding carboxylic acids is 2. The lowest BCUT2D eigenvalue weighted by molar-refractivity contribution is -0.143. The molecule has 0 radical (unpaired) electrons. The van der Waals surface area contributed by atoms with Crippen molar-refractivity contribution in [2.45, 2.75) is 51.5 Å². The summed E-state index contributed by atoms with van der Waals surface area (Å²) in [6, 6.07) is 5.05. The SMILES string of the molecule is CCCCN(CCCO)C(=O)CN1C[C@H](c2ccc3c(c2)OCO3)[C@@H](C(=O)O)[C@@H]1CCNC(C)=O. The largest absolute Gasteiger partial charge is 0.481 e. The molecule has 2 aliphatic heterocycles. The number of hydrogen-bond acceptors (Lipinski definition) is 7. The molecule has 1 saturated heterocycles. The Morgan fingerprint density at radius 2 is 1.91 bits per heavy atom. The second-order valence-electron chi connectivity index (χ2n) is 9.16. The minimum atomic E-state index is -0.932. The number of benzene rings is 1. The summed E-state index contributed by atoms with van der Waals surface area (Å²) in [4.78, 5) is 40.9. The molecule has 0 aromatic heterocycles. The molecule has 0 bridgehead atoms. The van der Waals surface area contributed by atoms with Gasteiger partial charge in [0.15, 0.2) is 11.5 Å². The summed E-state index contributed by atoms with van der Waals surface area (Å²) in [7, 11) is 0. The molecule has 10 nitrogen and oxygen atoms in total. The number of carboxylic acid groups (broad SMARTS) is 1. The molecule has 0 saturated carbocycles. The maximum atomic E-state index is 13.3. The van der Waals surface area contributed by atoms with Crippen molar-refractivity contribution in [1.82, 2.24) is 15.1 Å². The number of carboxylic acids is 1. The zero-order valence-electron chi connectivity index (χ0n) is 20.6. The standard InChI is InChI=1S/C25H37N3O7/c1-3-4-10-27(11-5-12-29)23(31)15-28-14-19(18-6-7-21-22(13-18)35-16-34-21)24(25(32)33)20(28)8-9-26-17(2)30/h6-7,13,19-20,24,29H,3-5,8-12,14-16H2,1-2H3,(H,26,30)(H,32,33)/t19-,20+,24-/m1/s1. The van der Waals surface area contributed by atoms with Crippen LogP contribution < -0.4 is 14.8 Å². The van der Waals surface area contributed by atoms with Crippen LogP contribution in [0, 0.1) is 5.92 Å². The van der Waals surface area contributed by atoms with Gasteiger partial charge in [0.05, 0.1) is 12.5 Å². The zero-order valence-corrected chi connectivity index (χ0v) is 20.6. The monoisotopic (exact) mass is 491 g/mol. The molecule has 0 aliphatic carbocycles. The van der Waals surface area contributed by atoms with Crippen molar-refractivity contribution in [1.29, 1.82) is 0 Å². The molecular weight excluding hydrogens is 454 g/mol. The molecule has 1 fully saturated rings. The Bertz CT molecular complexity index is 886. The van der Waals surface area contributed by atoms with E-state index in [0.717, 1.165) is 18.4 Å². The molecule has 2 aliphatic rings. The van der Waals surface area contributed by atoms with Crippen molar-refractivity contribution >= 4 is 17.8 Å². The molecule has 10 heteroatoms. The van der Waals surface area contributed by atoms with Crippen LogP contribution in [0.3, 0.4) is 0 Å². The second kappa shape index (κ2) is 12.7. The number of nitrogens with zero attached hydrogens (tertiary/aromatic N) is 2. The van der Waals surface area contributed by atoms with Crippen molar-refractivity contribution in [3.8, 4) is 11.5 Å². The Balaban J connectivity index is 1.84. The first kappa shape index (κ1) is 26.7. The van der Waals surface area contributed by atoms with E-state index >= 15 is 0 Å². The van der Waals surface area contributed by atoms with Gasteiger partial charge in [-0.2, -0.15) is 0 Å². The molecule has 35 heavy (non-hydrogen) atoms. The van der Waals surface area contributed by atoms with Crippen LogP contribution in [-0.4, -0.2) is 90.0 Å². The van der Waals surface area contributed by atoms with Crippen LogP contribution >= 0.6 is 0 Å². The van der Waals surface area contributed by atoms with Crippen molar-refractivity contribution in [3.05, 3.63) is 23.8 Å². The van der Waals surface area contributed by atoms with Crippen LogP contribution in [0.4, 0.5) is 0 Å². The van der Waals surface area contributed by atoms with Gasteiger partial charge in [0.2, 0.25) is 18.6 Å². The third kappa shape index (κ3) is 6.85. The first-order valence-electron chi connectivity index (χ1n) is 12.3. The predicted octanol–water partition coefficient (Wildman–Crippen LogP) is 1.42. The maximum absolute atomic E-state index is 13.3. The molecule has 2 heterocycles. The van der Waals surface area contributed by atoms with Gasteiger partial charge in [-0.05, 0) is 37.0 Å². The summed E-state index contributed by atoms with van der Waals surface area (Å²) in [6.45, 7) is 5.50. The lowest BCUT2D eigenvalue weighted by atomic mass is 9.84. The lowest BCUT2D eigenvalue weighted by Gasteiger charge is -2.29. The van der Waals surface area contributed by atoms with Gasteiger partial charge in [-0.25, -0.2) is 0 Å². The average Bonchev–Trinajstić information content (AvgIpc) is 3.43. The van der Waals surface area contributed by atoms with Gasteiger partial charge in [0.25, 0.3) is 0 Å².